The highest BCUT2D eigenvalue weighted by Crippen LogP contribution is 2.25. The summed E-state index contributed by atoms with van der Waals surface area (Å²) in [5.74, 6) is 0.491. The van der Waals surface area contributed by atoms with E-state index in [1.165, 1.54) is 0 Å². The minimum absolute atomic E-state index is 0.491. The number of hydrogen-bond acceptors (Lipinski definition) is 3. The van der Waals surface area contributed by atoms with Gasteiger partial charge >= 0.3 is 0 Å². The van der Waals surface area contributed by atoms with Crippen molar-refractivity contribution >= 4 is 28.6 Å². The van der Waals surface area contributed by atoms with Gasteiger partial charge in [0.2, 0.25) is 5.95 Å². The molecule has 1 aromatic carbocycles. The molecule has 0 amide bonds. The summed E-state index contributed by atoms with van der Waals surface area (Å²) >= 11 is 6.12. The summed E-state index contributed by atoms with van der Waals surface area (Å²) in [6, 6.07) is 7.71. The fraction of sp³-hybridized carbons (Fsp3) is 0.231. The van der Waals surface area contributed by atoms with Crippen LogP contribution in [0.2, 0.25) is 5.02 Å². The smallest absolute Gasteiger partial charge is 0.201 e. The van der Waals surface area contributed by atoms with Crippen LogP contribution in [0.4, 0.5) is 5.95 Å². The van der Waals surface area contributed by atoms with Crippen LogP contribution < -0.4 is 5.73 Å². The molecule has 0 radical (unpaired) electrons. The predicted molar refractivity (Wildman–Crippen MR) is 76.1 cm³/mol. The van der Waals surface area contributed by atoms with Gasteiger partial charge in [-0.2, -0.15) is 5.10 Å². The summed E-state index contributed by atoms with van der Waals surface area (Å²) in [6.45, 7) is 0.752. The molecule has 2 aromatic heterocycles. The zero-order chi connectivity index (χ0) is 13.4. The molecular formula is C13H14ClN5. The fourth-order valence-electron chi connectivity index (χ4n) is 2.24. The van der Waals surface area contributed by atoms with Crippen LogP contribution in [0.25, 0.3) is 11.0 Å². The molecule has 0 saturated carbocycles. The van der Waals surface area contributed by atoms with Crippen LogP contribution in [0, 0.1) is 0 Å². The molecule has 0 aliphatic heterocycles. The van der Waals surface area contributed by atoms with Crippen molar-refractivity contribution in [2.24, 2.45) is 7.05 Å². The van der Waals surface area contributed by atoms with Gasteiger partial charge in [0.1, 0.15) is 5.52 Å². The lowest BCUT2D eigenvalue weighted by Crippen LogP contribution is -2.08. The summed E-state index contributed by atoms with van der Waals surface area (Å²) in [5, 5.41) is 4.78. The summed E-state index contributed by atoms with van der Waals surface area (Å²) in [6.07, 6.45) is 2.64. The molecule has 0 fully saturated rings. The van der Waals surface area contributed by atoms with Crippen molar-refractivity contribution < 1.29 is 0 Å². The van der Waals surface area contributed by atoms with Crippen LogP contribution in [0.3, 0.4) is 0 Å². The van der Waals surface area contributed by atoms with Gasteiger partial charge in [-0.15, -0.1) is 0 Å². The first-order chi connectivity index (χ1) is 9.16. The number of hydrogen-bond donors (Lipinski definition) is 1. The molecule has 5 nitrogen and oxygen atoms in total. The number of benzene rings is 1. The van der Waals surface area contributed by atoms with E-state index in [-0.39, 0.29) is 0 Å². The number of rotatable bonds is 3. The highest BCUT2D eigenvalue weighted by atomic mass is 35.5. The maximum atomic E-state index is 6.12. The second-order valence-electron chi connectivity index (χ2n) is 4.43. The molecule has 0 bridgehead atoms. The number of nitrogens with zero attached hydrogens (tertiary/aromatic N) is 4. The molecule has 0 saturated heterocycles. The van der Waals surface area contributed by atoms with Gasteiger partial charge in [0.15, 0.2) is 0 Å². The molecule has 6 heteroatoms. The Hall–Kier alpha value is -2.01. The average molecular weight is 276 g/mol. The summed E-state index contributed by atoms with van der Waals surface area (Å²) in [7, 11) is 1.93. The number of imidazole rings is 1. The molecule has 0 unspecified atom stereocenters. The molecule has 2 N–H and O–H groups in total. The van der Waals surface area contributed by atoms with E-state index in [0.717, 1.165) is 29.7 Å². The van der Waals surface area contributed by atoms with Gasteiger partial charge in [-0.3, -0.25) is 4.68 Å². The number of fused-ring (bicyclic) bond motifs is 1. The van der Waals surface area contributed by atoms with Crippen LogP contribution in [0.5, 0.6) is 0 Å². The number of aromatic nitrogens is 4. The average Bonchev–Trinajstić information content (AvgIpc) is 2.92. The highest BCUT2D eigenvalue weighted by Gasteiger charge is 2.11. The van der Waals surface area contributed by atoms with Crippen LogP contribution >= 0.6 is 11.6 Å². The Bertz CT molecular complexity index is 728. The second-order valence-corrected chi connectivity index (χ2v) is 4.83. The molecule has 0 aliphatic carbocycles. The third-order valence-corrected chi connectivity index (χ3v) is 3.58. The molecule has 0 atom stereocenters. The monoisotopic (exact) mass is 275 g/mol. The van der Waals surface area contributed by atoms with Gasteiger partial charge in [0.25, 0.3) is 0 Å². The first-order valence-corrected chi connectivity index (χ1v) is 6.41. The topological polar surface area (TPSA) is 61.7 Å². The third-order valence-electron chi connectivity index (χ3n) is 3.27. The SMILES string of the molecule is Cn1nccc1CCn1c(N)nc2c(Cl)cccc21. The Morgan fingerprint density at radius 2 is 2.16 bits per heavy atom. The molecule has 0 spiro atoms. The van der Waals surface area contributed by atoms with Gasteiger partial charge in [-0.1, -0.05) is 17.7 Å². The van der Waals surface area contributed by atoms with Crippen LogP contribution in [0.1, 0.15) is 5.69 Å². The van der Waals surface area contributed by atoms with E-state index in [1.807, 2.05) is 40.6 Å². The summed E-state index contributed by atoms with van der Waals surface area (Å²) in [5.41, 5.74) is 8.85. The van der Waals surface area contributed by atoms with Crippen molar-refractivity contribution in [2.45, 2.75) is 13.0 Å². The quantitative estimate of drug-likeness (QED) is 0.797. The molecule has 3 aromatic rings. The van der Waals surface area contributed by atoms with Crippen molar-refractivity contribution in [1.82, 2.24) is 19.3 Å². The largest absolute Gasteiger partial charge is 0.369 e. The Labute approximate surface area is 115 Å². The molecule has 2 heterocycles. The van der Waals surface area contributed by atoms with Crippen molar-refractivity contribution in [1.29, 1.82) is 0 Å². The summed E-state index contributed by atoms with van der Waals surface area (Å²) < 4.78 is 3.84. The number of aryl methyl sites for hydroxylation is 3. The Kier molecular flexibility index (Phi) is 2.91. The lowest BCUT2D eigenvalue weighted by atomic mass is 10.3. The molecular weight excluding hydrogens is 262 g/mol. The third kappa shape index (κ3) is 2.06. The minimum atomic E-state index is 0.491. The standard InChI is InChI=1S/C13H14ClN5/c1-18-9(5-7-16-18)6-8-19-11-4-2-3-10(14)12(11)17-13(19)15/h2-5,7H,6,8H2,1H3,(H2,15,17). The van der Waals surface area contributed by atoms with Crippen LogP contribution in [-0.4, -0.2) is 19.3 Å². The number of para-hydroxylation sites is 1. The lowest BCUT2D eigenvalue weighted by Gasteiger charge is -2.06. The van der Waals surface area contributed by atoms with E-state index in [2.05, 4.69) is 10.1 Å². The van der Waals surface area contributed by atoms with E-state index < -0.39 is 0 Å². The normalized spacial score (nSPS) is 11.3. The first-order valence-electron chi connectivity index (χ1n) is 6.04. The van der Waals surface area contributed by atoms with Crippen LogP contribution in [-0.2, 0) is 20.0 Å². The van der Waals surface area contributed by atoms with E-state index >= 15 is 0 Å². The maximum absolute atomic E-state index is 6.12. The van der Waals surface area contributed by atoms with Crippen molar-refractivity contribution in [3.63, 3.8) is 0 Å². The maximum Gasteiger partial charge on any atom is 0.201 e. The number of nitrogen functional groups attached to an aromatic ring is 1. The first kappa shape index (κ1) is 12.0. The van der Waals surface area contributed by atoms with E-state index in [0.29, 0.717) is 11.0 Å². The lowest BCUT2D eigenvalue weighted by molar-refractivity contribution is 0.651. The number of halogens is 1. The number of anilines is 1. The van der Waals surface area contributed by atoms with E-state index in [4.69, 9.17) is 17.3 Å². The minimum Gasteiger partial charge on any atom is -0.369 e. The van der Waals surface area contributed by atoms with Crippen molar-refractivity contribution in [2.75, 3.05) is 5.73 Å². The zero-order valence-corrected chi connectivity index (χ0v) is 11.3. The Morgan fingerprint density at radius 1 is 1.32 bits per heavy atom. The molecule has 0 aliphatic rings. The zero-order valence-electron chi connectivity index (χ0n) is 10.5. The van der Waals surface area contributed by atoms with Crippen molar-refractivity contribution in [3.05, 3.63) is 41.2 Å². The fourth-order valence-corrected chi connectivity index (χ4v) is 2.45. The Morgan fingerprint density at radius 3 is 2.89 bits per heavy atom. The van der Waals surface area contributed by atoms with Gasteiger partial charge < -0.3 is 10.3 Å². The predicted octanol–water partition coefficient (Wildman–Crippen LogP) is 2.25. The van der Waals surface area contributed by atoms with Gasteiger partial charge in [-0.05, 0) is 18.2 Å². The van der Waals surface area contributed by atoms with Gasteiger partial charge in [0.05, 0.1) is 10.5 Å². The van der Waals surface area contributed by atoms with Gasteiger partial charge in [0, 0.05) is 31.9 Å². The molecule has 19 heavy (non-hydrogen) atoms. The summed E-state index contributed by atoms with van der Waals surface area (Å²) in [4.78, 5) is 4.32. The molecule has 98 valence electrons. The van der Waals surface area contributed by atoms with Crippen LogP contribution in [0.15, 0.2) is 30.5 Å². The molecule has 3 rings (SSSR count). The van der Waals surface area contributed by atoms with Gasteiger partial charge in [-0.25, -0.2) is 4.98 Å². The van der Waals surface area contributed by atoms with E-state index in [1.54, 1.807) is 6.20 Å². The van der Waals surface area contributed by atoms with Crippen molar-refractivity contribution in [3.8, 4) is 0 Å². The number of nitrogens with two attached hydrogens (primary N) is 1. The van der Waals surface area contributed by atoms with E-state index in [9.17, 15) is 0 Å². The Balaban J connectivity index is 1.95. The highest BCUT2D eigenvalue weighted by molar-refractivity contribution is 6.35. The second kappa shape index (κ2) is 4.59.